The summed E-state index contributed by atoms with van der Waals surface area (Å²) in [6, 6.07) is 7.67. The minimum absolute atomic E-state index is 0.238. The summed E-state index contributed by atoms with van der Waals surface area (Å²) in [6.07, 6.45) is 3.64. The molecule has 0 unspecified atom stereocenters. The molecule has 0 aliphatic heterocycles. The fraction of sp³-hybridized carbons (Fsp3) is 0.125. The molecule has 4 nitrogen and oxygen atoms in total. The standard InChI is InChI=1S/C16H12Cl2FN3O/c17-13-3-1-10(7-14(13)18)16(23)20-6-5-12-9-22-8-11(19)2-4-15(22)21-12/h1-4,7-9H,5-6H2,(H,20,23). The normalized spacial score (nSPS) is 10.9. The maximum atomic E-state index is 13.1. The Labute approximate surface area is 141 Å². The first-order valence-corrected chi connectivity index (χ1v) is 7.65. The Bertz CT molecular complexity index is 879. The molecule has 2 aromatic heterocycles. The van der Waals surface area contributed by atoms with Gasteiger partial charge in [0.05, 0.1) is 15.7 Å². The monoisotopic (exact) mass is 351 g/mol. The van der Waals surface area contributed by atoms with Gasteiger partial charge in [-0.15, -0.1) is 0 Å². The molecule has 0 spiro atoms. The molecule has 1 aromatic carbocycles. The maximum absolute atomic E-state index is 13.1. The first kappa shape index (κ1) is 15.8. The quantitative estimate of drug-likeness (QED) is 0.777. The molecule has 23 heavy (non-hydrogen) atoms. The summed E-state index contributed by atoms with van der Waals surface area (Å²) in [7, 11) is 0. The van der Waals surface area contributed by atoms with Crippen LogP contribution in [-0.4, -0.2) is 21.8 Å². The van der Waals surface area contributed by atoms with E-state index >= 15 is 0 Å². The lowest BCUT2D eigenvalue weighted by Crippen LogP contribution is -2.25. The van der Waals surface area contributed by atoms with E-state index in [2.05, 4.69) is 10.3 Å². The average Bonchev–Trinajstić information content (AvgIpc) is 2.91. The number of benzene rings is 1. The molecule has 0 saturated carbocycles. The molecular weight excluding hydrogens is 340 g/mol. The Morgan fingerprint density at radius 2 is 2.00 bits per heavy atom. The van der Waals surface area contributed by atoms with Gasteiger partial charge in [-0.2, -0.15) is 0 Å². The highest BCUT2D eigenvalue weighted by molar-refractivity contribution is 6.42. The summed E-state index contributed by atoms with van der Waals surface area (Å²) >= 11 is 11.7. The van der Waals surface area contributed by atoms with Crippen molar-refractivity contribution >= 4 is 34.8 Å². The lowest BCUT2D eigenvalue weighted by Gasteiger charge is -2.05. The van der Waals surface area contributed by atoms with Gasteiger partial charge in [0.2, 0.25) is 0 Å². The number of aromatic nitrogens is 2. The summed E-state index contributed by atoms with van der Waals surface area (Å²) in [5.74, 6) is -0.562. The van der Waals surface area contributed by atoms with E-state index in [4.69, 9.17) is 23.2 Å². The second-order valence-electron chi connectivity index (χ2n) is 4.98. The zero-order chi connectivity index (χ0) is 16.4. The minimum Gasteiger partial charge on any atom is -0.352 e. The number of nitrogens with one attached hydrogen (secondary N) is 1. The van der Waals surface area contributed by atoms with Crippen LogP contribution in [0.4, 0.5) is 4.39 Å². The lowest BCUT2D eigenvalue weighted by atomic mass is 10.2. The molecular formula is C16H12Cl2FN3O. The Kier molecular flexibility index (Phi) is 4.50. The molecule has 0 radical (unpaired) electrons. The van der Waals surface area contributed by atoms with Gasteiger partial charge < -0.3 is 9.72 Å². The number of imidazole rings is 1. The number of halogens is 3. The van der Waals surface area contributed by atoms with Crippen LogP contribution in [0.2, 0.25) is 10.0 Å². The molecule has 2 heterocycles. The number of carbonyl (C=O) groups is 1. The number of fused-ring (bicyclic) bond motifs is 1. The number of amides is 1. The van der Waals surface area contributed by atoms with Crippen LogP contribution in [0.3, 0.4) is 0 Å². The molecule has 0 aliphatic rings. The van der Waals surface area contributed by atoms with Crippen molar-refractivity contribution in [1.82, 2.24) is 14.7 Å². The molecule has 3 aromatic rings. The van der Waals surface area contributed by atoms with Crippen molar-refractivity contribution in [1.29, 1.82) is 0 Å². The molecule has 0 saturated heterocycles. The van der Waals surface area contributed by atoms with Crippen LogP contribution >= 0.6 is 23.2 Å². The number of nitrogens with zero attached hydrogens (tertiary/aromatic N) is 2. The first-order chi connectivity index (χ1) is 11.0. The highest BCUT2D eigenvalue weighted by Crippen LogP contribution is 2.22. The van der Waals surface area contributed by atoms with E-state index in [0.29, 0.717) is 34.2 Å². The van der Waals surface area contributed by atoms with Gasteiger partial charge in [0.1, 0.15) is 11.5 Å². The van der Waals surface area contributed by atoms with Gasteiger partial charge >= 0.3 is 0 Å². The Hall–Kier alpha value is -2.11. The Morgan fingerprint density at radius 1 is 1.17 bits per heavy atom. The third kappa shape index (κ3) is 3.63. The number of pyridine rings is 1. The zero-order valence-electron chi connectivity index (χ0n) is 11.9. The number of hydrogen-bond donors (Lipinski definition) is 1. The SMILES string of the molecule is O=C(NCCc1cn2cc(F)ccc2n1)c1ccc(Cl)c(Cl)c1. The van der Waals surface area contributed by atoms with E-state index < -0.39 is 0 Å². The molecule has 7 heteroatoms. The second-order valence-corrected chi connectivity index (χ2v) is 5.79. The predicted molar refractivity (Wildman–Crippen MR) is 87.6 cm³/mol. The Morgan fingerprint density at radius 3 is 2.78 bits per heavy atom. The first-order valence-electron chi connectivity index (χ1n) is 6.89. The van der Waals surface area contributed by atoms with E-state index in [1.54, 1.807) is 28.8 Å². The van der Waals surface area contributed by atoms with Crippen LogP contribution in [0.25, 0.3) is 5.65 Å². The number of hydrogen-bond acceptors (Lipinski definition) is 2. The molecule has 118 valence electrons. The molecule has 0 atom stereocenters. The van der Waals surface area contributed by atoms with Crippen LogP contribution < -0.4 is 5.32 Å². The van der Waals surface area contributed by atoms with Crippen LogP contribution in [-0.2, 0) is 6.42 Å². The van der Waals surface area contributed by atoms with Crippen LogP contribution in [0.1, 0.15) is 16.1 Å². The summed E-state index contributed by atoms with van der Waals surface area (Å²) in [5.41, 5.74) is 1.87. The predicted octanol–water partition coefficient (Wildman–Crippen LogP) is 3.75. The molecule has 0 aliphatic carbocycles. The molecule has 1 N–H and O–H groups in total. The van der Waals surface area contributed by atoms with Crippen molar-refractivity contribution in [3.8, 4) is 0 Å². The third-order valence-corrected chi connectivity index (χ3v) is 4.05. The summed E-state index contributed by atoms with van der Waals surface area (Å²) in [4.78, 5) is 16.4. The average molecular weight is 352 g/mol. The van der Waals surface area contributed by atoms with Crippen molar-refractivity contribution < 1.29 is 9.18 Å². The maximum Gasteiger partial charge on any atom is 0.251 e. The lowest BCUT2D eigenvalue weighted by molar-refractivity contribution is 0.0954. The van der Waals surface area contributed by atoms with Gasteiger partial charge in [0.25, 0.3) is 5.91 Å². The highest BCUT2D eigenvalue weighted by atomic mass is 35.5. The number of rotatable bonds is 4. The van der Waals surface area contributed by atoms with E-state index in [-0.39, 0.29) is 11.7 Å². The highest BCUT2D eigenvalue weighted by Gasteiger charge is 2.08. The van der Waals surface area contributed by atoms with Gasteiger partial charge in [0.15, 0.2) is 0 Å². The van der Waals surface area contributed by atoms with Gasteiger partial charge in [-0.05, 0) is 30.3 Å². The van der Waals surface area contributed by atoms with E-state index in [9.17, 15) is 9.18 Å². The van der Waals surface area contributed by atoms with Crippen LogP contribution in [0.15, 0.2) is 42.7 Å². The summed E-state index contributed by atoms with van der Waals surface area (Å²) < 4.78 is 14.7. The zero-order valence-corrected chi connectivity index (χ0v) is 13.4. The van der Waals surface area contributed by atoms with Crippen LogP contribution in [0, 0.1) is 5.82 Å². The smallest absolute Gasteiger partial charge is 0.251 e. The molecule has 1 amide bonds. The second kappa shape index (κ2) is 6.56. The minimum atomic E-state index is -0.325. The topological polar surface area (TPSA) is 46.4 Å². The van der Waals surface area contributed by atoms with E-state index in [0.717, 1.165) is 5.69 Å². The van der Waals surface area contributed by atoms with Crippen LogP contribution in [0.5, 0.6) is 0 Å². The van der Waals surface area contributed by atoms with E-state index in [1.807, 2.05) is 0 Å². The number of carbonyl (C=O) groups excluding carboxylic acids is 1. The van der Waals surface area contributed by atoms with Gasteiger partial charge in [0, 0.05) is 30.9 Å². The molecule has 0 bridgehead atoms. The Balaban J connectivity index is 1.61. The third-order valence-electron chi connectivity index (χ3n) is 3.31. The van der Waals surface area contributed by atoms with Crippen molar-refractivity contribution in [2.45, 2.75) is 6.42 Å². The molecule has 0 fully saturated rings. The van der Waals surface area contributed by atoms with Crippen molar-refractivity contribution in [3.05, 3.63) is 69.8 Å². The van der Waals surface area contributed by atoms with Crippen molar-refractivity contribution in [3.63, 3.8) is 0 Å². The van der Waals surface area contributed by atoms with Crippen molar-refractivity contribution in [2.24, 2.45) is 0 Å². The van der Waals surface area contributed by atoms with Gasteiger partial charge in [-0.25, -0.2) is 9.37 Å². The van der Waals surface area contributed by atoms with Gasteiger partial charge in [-0.1, -0.05) is 23.2 Å². The van der Waals surface area contributed by atoms with E-state index in [1.165, 1.54) is 18.3 Å². The summed E-state index contributed by atoms with van der Waals surface area (Å²) in [5, 5.41) is 3.52. The van der Waals surface area contributed by atoms with Gasteiger partial charge in [-0.3, -0.25) is 4.79 Å². The van der Waals surface area contributed by atoms with Crippen molar-refractivity contribution in [2.75, 3.05) is 6.54 Å². The summed E-state index contributed by atoms with van der Waals surface area (Å²) in [6.45, 7) is 0.408. The fourth-order valence-corrected chi connectivity index (χ4v) is 2.48. The fourth-order valence-electron chi connectivity index (χ4n) is 2.18. The largest absolute Gasteiger partial charge is 0.352 e. The molecule has 3 rings (SSSR count).